The molecule has 0 bridgehead atoms. The van der Waals surface area contributed by atoms with E-state index in [4.69, 9.17) is 0 Å². The Morgan fingerprint density at radius 2 is 1.96 bits per heavy atom. The van der Waals surface area contributed by atoms with Gasteiger partial charge >= 0.3 is 0 Å². The minimum absolute atomic E-state index is 0.0320. The molecule has 148 valence electrons. The summed E-state index contributed by atoms with van der Waals surface area (Å²) in [4.78, 5) is 28.0. The largest absolute Gasteiger partial charge is 0.319 e. The van der Waals surface area contributed by atoms with Gasteiger partial charge in [-0.2, -0.15) is 5.10 Å². The van der Waals surface area contributed by atoms with Crippen LogP contribution in [0.2, 0.25) is 0 Å². The lowest BCUT2D eigenvalue weighted by Gasteiger charge is -2.20. The summed E-state index contributed by atoms with van der Waals surface area (Å²) in [6, 6.07) is 1.79. The van der Waals surface area contributed by atoms with E-state index in [1.54, 1.807) is 17.7 Å². The van der Waals surface area contributed by atoms with Crippen molar-refractivity contribution >= 4 is 11.6 Å². The Balaban J connectivity index is 2.38. The molecule has 2 heterocycles. The van der Waals surface area contributed by atoms with Gasteiger partial charge in [-0.05, 0) is 59.8 Å². The minimum atomic E-state index is -0.383. The van der Waals surface area contributed by atoms with Crippen LogP contribution in [0, 0.1) is 20.8 Å². The second-order valence-electron chi connectivity index (χ2n) is 7.42. The van der Waals surface area contributed by atoms with Crippen LogP contribution in [0.3, 0.4) is 0 Å². The van der Waals surface area contributed by atoms with Gasteiger partial charge in [0.25, 0.3) is 11.5 Å². The van der Waals surface area contributed by atoms with Gasteiger partial charge in [-0.3, -0.25) is 14.3 Å². The van der Waals surface area contributed by atoms with Crippen molar-refractivity contribution in [1.82, 2.24) is 19.2 Å². The number of rotatable bonds is 7. The Kier molecular flexibility index (Phi) is 6.59. The van der Waals surface area contributed by atoms with Crippen molar-refractivity contribution in [3.63, 3.8) is 0 Å². The number of carbonyl (C=O) groups is 1. The number of anilines is 1. The molecule has 0 aliphatic carbocycles. The molecule has 27 heavy (non-hydrogen) atoms. The zero-order valence-corrected chi connectivity index (χ0v) is 17.5. The first kappa shape index (κ1) is 20.9. The van der Waals surface area contributed by atoms with E-state index in [9.17, 15) is 9.59 Å². The molecule has 0 aliphatic heterocycles. The average Bonchev–Trinajstić information content (AvgIpc) is 2.82. The van der Waals surface area contributed by atoms with Crippen molar-refractivity contribution in [3.05, 3.63) is 45.1 Å². The predicted molar refractivity (Wildman–Crippen MR) is 109 cm³/mol. The van der Waals surface area contributed by atoms with Crippen LogP contribution in [0.25, 0.3) is 0 Å². The number of hydrogen-bond acceptors (Lipinski definition) is 4. The third-order valence-corrected chi connectivity index (χ3v) is 4.71. The molecule has 1 atom stereocenters. The molecule has 2 aromatic heterocycles. The Labute approximate surface area is 161 Å². The fourth-order valence-corrected chi connectivity index (χ4v) is 3.36. The lowest BCUT2D eigenvalue weighted by molar-refractivity contribution is 0.102. The van der Waals surface area contributed by atoms with E-state index in [-0.39, 0.29) is 23.1 Å². The summed E-state index contributed by atoms with van der Waals surface area (Å²) in [5.74, 6) is -0.383. The number of likely N-dealkylation sites (N-methyl/N-ethyl adjacent to an activating group) is 1. The summed E-state index contributed by atoms with van der Waals surface area (Å²) in [6.45, 7) is 11.1. The van der Waals surface area contributed by atoms with Crippen molar-refractivity contribution in [1.29, 1.82) is 0 Å². The standard InChI is InChI=1S/C20H31N5O2/c1-8-10-25-16(5)18(15(4)22-25)21-19(26)17-13(2)9-11-24(20(17)27)14(3)12-23(6)7/h9,11,14H,8,10,12H2,1-7H3,(H,21,26). The zero-order valence-electron chi connectivity index (χ0n) is 17.5. The van der Waals surface area contributed by atoms with Crippen LogP contribution in [0.5, 0.6) is 0 Å². The number of pyridine rings is 1. The van der Waals surface area contributed by atoms with Crippen molar-refractivity contribution in [2.75, 3.05) is 26.0 Å². The fraction of sp³-hybridized carbons (Fsp3) is 0.550. The topological polar surface area (TPSA) is 72.2 Å². The van der Waals surface area contributed by atoms with Gasteiger partial charge in [0.2, 0.25) is 0 Å². The number of amides is 1. The van der Waals surface area contributed by atoms with Crippen LogP contribution in [-0.2, 0) is 6.54 Å². The predicted octanol–water partition coefficient (Wildman–Crippen LogP) is 2.75. The molecule has 0 radical (unpaired) electrons. The molecule has 0 spiro atoms. The molecule has 0 saturated carbocycles. The highest BCUT2D eigenvalue weighted by atomic mass is 16.2. The van der Waals surface area contributed by atoms with Crippen molar-refractivity contribution < 1.29 is 4.79 Å². The maximum atomic E-state index is 13.0. The maximum Gasteiger partial charge on any atom is 0.263 e. The Hall–Kier alpha value is -2.41. The number of hydrogen-bond donors (Lipinski definition) is 1. The smallest absolute Gasteiger partial charge is 0.263 e. The van der Waals surface area contributed by atoms with Gasteiger partial charge in [0.15, 0.2) is 0 Å². The van der Waals surface area contributed by atoms with Crippen LogP contribution in [0.1, 0.15) is 53.6 Å². The van der Waals surface area contributed by atoms with Gasteiger partial charge in [0.05, 0.1) is 17.1 Å². The molecule has 0 fully saturated rings. The molecule has 0 aliphatic rings. The van der Waals surface area contributed by atoms with Crippen LogP contribution in [0.4, 0.5) is 5.69 Å². The van der Waals surface area contributed by atoms with E-state index in [2.05, 4.69) is 17.3 Å². The second-order valence-corrected chi connectivity index (χ2v) is 7.42. The normalized spacial score (nSPS) is 12.4. The molecule has 1 amide bonds. The summed E-state index contributed by atoms with van der Waals surface area (Å²) in [5.41, 5.74) is 2.93. The molecule has 7 heteroatoms. The SMILES string of the molecule is CCCn1nc(C)c(NC(=O)c2c(C)ccn(C(C)CN(C)C)c2=O)c1C. The highest BCUT2D eigenvalue weighted by Gasteiger charge is 2.21. The third kappa shape index (κ3) is 4.47. The van der Waals surface area contributed by atoms with E-state index >= 15 is 0 Å². The van der Waals surface area contributed by atoms with Crippen LogP contribution < -0.4 is 10.9 Å². The van der Waals surface area contributed by atoms with Gasteiger partial charge in [-0.1, -0.05) is 6.92 Å². The summed E-state index contributed by atoms with van der Waals surface area (Å²) >= 11 is 0. The molecule has 0 saturated heterocycles. The van der Waals surface area contributed by atoms with E-state index in [1.807, 2.05) is 50.5 Å². The Morgan fingerprint density at radius 1 is 1.30 bits per heavy atom. The quantitative estimate of drug-likeness (QED) is 0.810. The molecular formula is C20H31N5O2. The molecule has 0 aromatic carbocycles. The fourth-order valence-electron chi connectivity index (χ4n) is 3.36. The van der Waals surface area contributed by atoms with E-state index < -0.39 is 0 Å². The van der Waals surface area contributed by atoms with Gasteiger partial charge in [-0.25, -0.2) is 0 Å². The summed E-state index contributed by atoms with van der Waals surface area (Å²) in [5, 5.41) is 7.40. The summed E-state index contributed by atoms with van der Waals surface area (Å²) in [7, 11) is 3.92. The molecule has 1 N–H and O–H groups in total. The van der Waals surface area contributed by atoms with Gasteiger partial charge in [0.1, 0.15) is 5.56 Å². The zero-order chi connectivity index (χ0) is 20.3. The Morgan fingerprint density at radius 3 is 2.56 bits per heavy atom. The molecule has 2 rings (SSSR count). The van der Waals surface area contributed by atoms with Gasteiger partial charge < -0.3 is 14.8 Å². The molecule has 1 unspecified atom stereocenters. The van der Waals surface area contributed by atoms with E-state index in [1.165, 1.54) is 0 Å². The first-order valence-electron chi connectivity index (χ1n) is 9.39. The van der Waals surface area contributed by atoms with Crippen molar-refractivity contribution in [2.45, 2.75) is 53.6 Å². The number of aryl methyl sites for hydroxylation is 3. The first-order chi connectivity index (χ1) is 12.7. The second kappa shape index (κ2) is 8.52. The van der Waals surface area contributed by atoms with Crippen LogP contribution in [0.15, 0.2) is 17.1 Å². The Bertz CT molecular complexity index is 879. The van der Waals surface area contributed by atoms with Crippen molar-refractivity contribution in [2.24, 2.45) is 0 Å². The minimum Gasteiger partial charge on any atom is -0.319 e. The summed E-state index contributed by atoms with van der Waals surface area (Å²) in [6.07, 6.45) is 2.72. The van der Waals surface area contributed by atoms with Crippen molar-refractivity contribution in [3.8, 4) is 0 Å². The highest BCUT2D eigenvalue weighted by molar-refractivity contribution is 6.05. The summed E-state index contributed by atoms with van der Waals surface area (Å²) < 4.78 is 3.52. The molecule has 2 aromatic rings. The average molecular weight is 374 g/mol. The monoisotopic (exact) mass is 373 g/mol. The first-order valence-corrected chi connectivity index (χ1v) is 9.39. The van der Waals surface area contributed by atoms with E-state index in [0.29, 0.717) is 17.8 Å². The number of carbonyl (C=O) groups excluding carboxylic acids is 1. The maximum absolute atomic E-state index is 13.0. The third-order valence-electron chi connectivity index (χ3n) is 4.71. The number of nitrogens with zero attached hydrogens (tertiary/aromatic N) is 4. The van der Waals surface area contributed by atoms with Crippen LogP contribution >= 0.6 is 0 Å². The number of nitrogens with one attached hydrogen (secondary N) is 1. The van der Waals surface area contributed by atoms with Crippen LogP contribution in [-0.4, -0.2) is 45.8 Å². The molecule has 7 nitrogen and oxygen atoms in total. The van der Waals surface area contributed by atoms with Gasteiger partial charge in [-0.15, -0.1) is 0 Å². The van der Waals surface area contributed by atoms with Gasteiger partial charge in [0, 0.05) is 25.3 Å². The number of aromatic nitrogens is 3. The lowest BCUT2D eigenvalue weighted by Crippen LogP contribution is -2.35. The van der Waals surface area contributed by atoms with E-state index in [0.717, 1.165) is 24.4 Å². The highest BCUT2D eigenvalue weighted by Crippen LogP contribution is 2.21. The molecular weight excluding hydrogens is 342 g/mol. The lowest BCUT2D eigenvalue weighted by atomic mass is 10.1.